The van der Waals surface area contributed by atoms with Gasteiger partial charge in [-0.1, -0.05) is 30.3 Å². The monoisotopic (exact) mass is 411 g/mol. The van der Waals surface area contributed by atoms with Crippen LogP contribution < -0.4 is 11.1 Å². The number of nitrogens with two attached hydrogens (primary N) is 1. The second-order valence-electron chi connectivity index (χ2n) is 7.51. The van der Waals surface area contributed by atoms with Crippen molar-refractivity contribution >= 4 is 23.5 Å². The summed E-state index contributed by atoms with van der Waals surface area (Å²) < 4.78 is 0. The number of nitrogens with zero attached hydrogens (tertiary/aromatic N) is 2. The van der Waals surface area contributed by atoms with Gasteiger partial charge in [0.15, 0.2) is 0 Å². The number of hydrogen-bond acceptors (Lipinski definition) is 5. The molecule has 1 heterocycles. The molecule has 1 aliphatic carbocycles. The molecule has 1 fully saturated rings. The average Bonchev–Trinajstić information content (AvgIpc) is 3.63. The van der Waals surface area contributed by atoms with Crippen LogP contribution in [0.3, 0.4) is 0 Å². The second-order valence-corrected chi connectivity index (χ2v) is 7.51. The molecule has 156 valence electrons. The van der Waals surface area contributed by atoms with Crippen molar-refractivity contribution in [3.05, 3.63) is 88.2 Å². The maximum atomic E-state index is 12.3. The molecule has 4 N–H and O–H groups in total. The SMILES string of the molecule is Cc1c(C#N)cnc(C(=O)Nc2ccc(N)c(C=N)c2)c1C.c1ccc(C2CC2)cc1. The highest BCUT2D eigenvalue weighted by molar-refractivity contribution is 6.04. The number of hydrogen-bond donors (Lipinski definition) is 3. The Morgan fingerprint density at radius 2 is 1.90 bits per heavy atom. The smallest absolute Gasteiger partial charge is 0.274 e. The zero-order valence-corrected chi connectivity index (χ0v) is 17.6. The fourth-order valence-electron chi connectivity index (χ4n) is 3.15. The summed E-state index contributed by atoms with van der Waals surface area (Å²) in [5.74, 6) is 0.539. The first-order chi connectivity index (χ1) is 14.9. The van der Waals surface area contributed by atoms with Crippen LogP contribution in [0, 0.1) is 30.6 Å². The molecule has 6 nitrogen and oxygen atoms in total. The van der Waals surface area contributed by atoms with E-state index in [2.05, 4.69) is 40.6 Å². The predicted molar refractivity (Wildman–Crippen MR) is 124 cm³/mol. The van der Waals surface area contributed by atoms with Crippen molar-refractivity contribution in [2.45, 2.75) is 32.6 Å². The van der Waals surface area contributed by atoms with Crippen LogP contribution in [0.4, 0.5) is 11.4 Å². The van der Waals surface area contributed by atoms with E-state index in [-0.39, 0.29) is 11.6 Å². The Morgan fingerprint density at radius 1 is 1.19 bits per heavy atom. The van der Waals surface area contributed by atoms with Crippen molar-refractivity contribution in [3.8, 4) is 6.07 Å². The molecule has 1 aromatic heterocycles. The van der Waals surface area contributed by atoms with Gasteiger partial charge in [0, 0.05) is 29.3 Å². The van der Waals surface area contributed by atoms with Crippen molar-refractivity contribution in [3.63, 3.8) is 0 Å². The lowest BCUT2D eigenvalue weighted by Crippen LogP contribution is -2.16. The van der Waals surface area contributed by atoms with Gasteiger partial charge in [-0.05, 0) is 67.5 Å². The highest BCUT2D eigenvalue weighted by Gasteiger charge is 2.22. The zero-order valence-electron chi connectivity index (χ0n) is 17.6. The predicted octanol–water partition coefficient (Wildman–Crippen LogP) is 4.97. The number of anilines is 2. The van der Waals surface area contributed by atoms with Crippen molar-refractivity contribution in [1.29, 1.82) is 10.7 Å². The standard InChI is InChI=1S/C16H15N5O.C9H10/c1-9-10(2)15(20-8-12(9)7-18)16(22)21-13-3-4-14(19)11(5-13)6-17;1-2-4-8(5-3-1)9-6-7-9/h3-6,8,17H,19H2,1-2H3,(H,21,22);1-5,9H,6-7H2. The number of carbonyl (C=O) groups is 1. The number of nitriles is 1. The molecule has 0 unspecified atom stereocenters. The third-order valence-electron chi connectivity index (χ3n) is 5.33. The molecule has 3 aromatic rings. The Kier molecular flexibility index (Phi) is 6.78. The zero-order chi connectivity index (χ0) is 22.4. The quantitative estimate of drug-likeness (QED) is 0.415. The molecule has 0 spiro atoms. The third-order valence-corrected chi connectivity index (χ3v) is 5.33. The molecule has 0 aliphatic heterocycles. The van der Waals surface area contributed by atoms with Crippen molar-refractivity contribution in [2.24, 2.45) is 0 Å². The molecule has 0 radical (unpaired) electrons. The van der Waals surface area contributed by atoms with E-state index in [1.165, 1.54) is 24.6 Å². The van der Waals surface area contributed by atoms with E-state index in [1.807, 2.05) is 6.07 Å². The molecule has 0 bridgehead atoms. The largest absolute Gasteiger partial charge is 0.398 e. The average molecular weight is 412 g/mol. The molecule has 1 aliphatic rings. The molecule has 0 atom stereocenters. The van der Waals surface area contributed by atoms with Crippen molar-refractivity contribution in [1.82, 2.24) is 4.98 Å². The summed E-state index contributed by atoms with van der Waals surface area (Å²) >= 11 is 0. The lowest BCUT2D eigenvalue weighted by molar-refractivity contribution is 0.102. The molecule has 2 aromatic carbocycles. The van der Waals surface area contributed by atoms with Gasteiger partial charge in [-0.3, -0.25) is 4.79 Å². The van der Waals surface area contributed by atoms with Gasteiger partial charge in [0.05, 0.1) is 5.56 Å². The van der Waals surface area contributed by atoms with Gasteiger partial charge in [0.25, 0.3) is 5.91 Å². The van der Waals surface area contributed by atoms with Crippen LogP contribution in [0.2, 0.25) is 0 Å². The maximum absolute atomic E-state index is 12.3. The number of amides is 1. The Morgan fingerprint density at radius 3 is 2.52 bits per heavy atom. The third kappa shape index (κ3) is 5.34. The van der Waals surface area contributed by atoms with Gasteiger partial charge in [-0.25, -0.2) is 4.98 Å². The van der Waals surface area contributed by atoms with E-state index in [4.69, 9.17) is 16.4 Å². The molecule has 31 heavy (non-hydrogen) atoms. The summed E-state index contributed by atoms with van der Waals surface area (Å²) in [6.07, 6.45) is 5.33. The summed E-state index contributed by atoms with van der Waals surface area (Å²) in [5.41, 5.74) is 10.9. The van der Waals surface area contributed by atoms with E-state index < -0.39 is 0 Å². The van der Waals surface area contributed by atoms with Gasteiger partial charge in [0.1, 0.15) is 11.8 Å². The molecule has 1 amide bonds. The minimum absolute atomic E-state index is 0.268. The number of benzene rings is 2. The molecular weight excluding hydrogens is 386 g/mol. The van der Waals surface area contributed by atoms with Crippen molar-refractivity contribution in [2.75, 3.05) is 11.1 Å². The van der Waals surface area contributed by atoms with Crippen LogP contribution in [0.25, 0.3) is 0 Å². The van der Waals surface area contributed by atoms with Crippen LogP contribution in [0.5, 0.6) is 0 Å². The highest BCUT2D eigenvalue weighted by atomic mass is 16.1. The second kappa shape index (κ2) is 9.68. The summed E-state index contributed by atoms with van der Waals surface area (Å²) in [4.78, 5) is 16.4. The first-order valence-corrected chi connectivity index (χ1v) is 10.1. The van der Waals surface area contributed by atoms with Gasteiger partial charge in [-0.2, -0.15) is 5.26 Å². The molecule has 0 saturated heterocycles. The van der Waals surface area contributed by atoms with Crippen LogP contribution in [0.1, 0.15) is 57.1 Å². The number of rotatable bonds is 4. The number of carbonyl (C=O) groups excluding carboxylic acids is 1. The van der Waals surface area contributed by atoms with E-state index in [9.17, 15) is 4.79 Å². The van der Waals surface area contributed by atoms with Gasteiger partial charge >= 0.3 is 0 Å². The van der Waals surface area contributed by atoms with E-state index in [1.54, 1.807) is 32.0 Å². The molecular formula is C25H25N5O. The maximum Gasteiger partial charge on any atom is 0.274 e. The number of pyridine rings is 1. The summed E-state index contributed by atoms with van der Waals surface area (Å²) in [6.45, 7) is 3.53. The summed E-state index contributed by atoms with van der Waals surface area (Å²) in [5, 5.41) is 19.0. The van der Waals surface area contributed by atoms with Gasteiger partial charge in [-0.15, -0.1) is 0 Å². The fourth-order valence-corrected chi connectivity index (χ4v) is 3.15. The molecule has 4 rings (SSSR count). The van der Waals surface area contributed by atoms with Gasteiger partial charge in [0.2, 0.25) is 0 Å². The minimum Gasteiger partial charge on any atom is -0.398 e. The lowest BCUT2D eigenvalue weighted by atomic mass is 10.0. The van der Waals surface area contributed by atoms with Crippen LogP contribution in [-0.4, -0.2) is 17.1 Å². The first kappa shape index (κ1) is 21.7. The Hall–Kier alpha value is -3.98. The van der Waals surface area contributed by atoms with E-state index >= 15 is 0 Å². The molecule has 1 saturated carbocycles. The van der Waals surface area contributed by atoms with Crippen LogP contribution in [-0.2, 0) is 0 Å². The van der Waals surface area contributed by atoms with Gasteiger partial charge < -0.3 is 16.5 Å². The fraction of sp³-hybridized carbons (Fsp3) is 0.200. The number of aromatic nitrogens is 1. The minimum atomic E-state index is -0.370. The van der Waals surface area contributed by atoms with E-state index in [0.29, 0.717) is 28.1 Å². The van der Waals surface area contributed by atoms with E-state index in [0.717, 1.165) is 17.7 Å². The summed E-state index contributed by atoms with van der Waals surface area (Å²) in [7, 11) is 0. The Labute approximate surface area is 182 Å². The van der Waals surface area contributed by atoms with Crippen LogP contribution in [0.15, 0.2) is 54.7 Å². The molecule has 6 heteroatoms. The van der Waals surface area contributed by atoms with Crippen LogP contribution >= 0.6 is 0 Å². The normalized spacial score (nSPS) is 12.2. The first-order valence-electron chi connectivity index (χ1n) is 10.1. The lowest BCUT2D eigenvalue weighted by Gasteiger charge is -2.10. The summed E-state index contributed by atoms with van der Waals surface area (Å²) in [6, 6.07) is 17.7. The highest BCUT2D eigenvalue weighted by Crippen LogP contribution is 2.39. The number of nitrogen functional groups attached to an aromatic ring is 1. The van der Waals surface area contributed by atoms with Crippen molar-refractivity contribution < 1.29 is 4.79 Å². The number of nitrogens with one attached hydrogen (secondary N) is 2. The Balaban J connectivity index is 0.000000248. The Bertz CT molecular complexity index is 1140. The topological polar surface area (TPSA) is 116 Å².